The Morgan fingerprint density at radius 2 is 1.71 bits per heavy atom. The highest BCUT2D eigenvalue weighted by molar-refractivity contribution is 5.90. The largest absolute Gasteiger partial charge is 0.469 e. The average molecular weight is 296 g/mol. The van der Waals surface area contributed by atoms with Crippen LogP contribution in [0, 0.1) is 17.3 Å². The SMILES string of the molecule is COC(=O)[C@H]1C[C@H]1C(=O)N1CCN(CCC(C)(C)C)CC1. The number of hydrogen-bond donors (Lipinski definition) is 0. The molecule has 1 amide bonds. The molecule has 1 saturated carbocycles. The van der Waals surface area contributed by atoms with Crippen molar-refractivity contribution in [2.45, 2.75) is 33.6 Å². The second-order valence-corrected chi connectivity index (χ2v) is 7.45. The van der Waals surface area contributed by atoms with E-state index in [4.69, 9.17) is 4.74 Å². The van der Waals surface area contributed by atoms with E-state index in [2.05, 4.69) is 25.7 Å². The van der Waals surface area contributed by atoms with Gasteiger partial charge in [-0.2, -0.15) is 0 Å². The fourth-order valence-electron chi connectivity index (χ4n) is 2.80. The highest BCUT2D eigenvalue weighted by Gasteiger charge is 2.50. The number of methoxy groups -OCH3 is 1. The zero-order chi connectivity index (χ0) is 15.6. The van der Waals surface area contributed by atoms with Gasteiger partial charge in [-0.3, -0.25) is 14.5 Å². The van der Waals surface area contributed by atoms with Gasteiger partial charge >= 0.3 is 5.97 Å². The van der Waals surface area contributed by atoms with E-state index in [0.29, 0.717) is 11.8 Å². The van der Waals surface area contributed by atoms with Gasteiger partial charge in [0.05, 0.1) is 18.9 Å². The molecule has 0 aromatic rings. The molecule has 0 aromatic heterocycles. The normalized spacial score (nSPS) is 26.6. The van der Waals surface area contributed by atoms with Crippen LogP contribution in [0.25, 0.3) is 0 Å². The third-order valence-corrected chi connectivity index (χ3v) is 4.47. The number of ether oxygens (including phenoxy) is 1. The minimum absolute atomic E-state index is 0.126. The topological polar surface area (TPSA) is 49.9 Å². The minimum atomic E-state index is -0.239. The van der Waals surface area contributed by atoms with E-state index >= 15 is 0 Å². The molecule has 1 aliphatic heterocycles. The molecule has 5 nitrogen and oxygen atoms in total. The van der Waals surface area contributed by atoms with Crippen LogP contribution in [-0.4, -0.2) is 61.5 Å². The Balaban J connectivity index is 1.72. The molecule has 5 heteroatoms. The van der Waals surface area contributed by atoms with Gasteiger partial charge in [0.15, 0.2) is 0 Å². The van der Waals surface area contributed by atoms with E-state index in [1.54, 1.807) is 0 Å². The van der Waals surface area contributed by atoms with Crippen molar-refractivity contribution < 1.29 is 14.3 Å². The Labute approximate surface area is 127 Å². The van der Waals surface area contributed by atoms with E-state index in [1.165, 1.54) is 13.5 Å². The monoisotopic (exact) mass is 296 g/mol. The van der Waals surface area contributed by atoms with Crippen LogP contribution in [0.15, 0.2) is 0 Å². The third kappa shape index (κ3) is 4.43. The van der Waals surface area contributed by atoms with Gasteiger partial charge in [-0.15, -0.1) is 0 Å². The number of rotatable bonds is 4. The molecule has 0 N–H and O–H groups in total. The maximum absolute atomic E-state index is 12.3. The number of esters is 1. The summed E-state index contributed by atoms with van der Waals surface area (Å²) in [4.78, 5) is 28.1. The number of nitrogens with zero attached hydrogens (tertiary/aromatic N) is 2. The average Bonchev–Trinajstić information content (AvgIpc) is 3.23. The van der Waals surface area contributed by atoms with E-state index in [-0.39, 0.29) is 23.7 Å². The molecular formula is C16H28N2O3. The van der Waals surface area contributed by atoms with Gasteiger partial charge in [-0.25, -0.2) is 0 Å². The highest BCUT2D eigenvalue weighted by Crippen LogP contribution is 2.41. The van der Waals surface area contributed by atoms with Crippen LogP contribution in [0.2, 0.25) is 0 Å². The lowest BCUT2D eigenvalue weighted by molar-refractivity contribution is -0.145. The molecule has 2 fully saturated rings. The summed E-state index contributed by atoms with van der Waals surface area (Å²) in [5.41, 5.74) is 0.356. The van der Waals surface area contributed by atoms with Crippen LogP contribution in [0.4, 0.5) is 0 Å². The van der Waals surface area contributed by atoms with Crippen molar-refractivity contribution in [3.63, 3.8) is 0 Å². The summed E-state index contributed by atoms with van der Waals surface area (Å²) < 4.78 is 4.70. The molecule has 21 heavy (non-hydrogen) atoms. The highest BCUT2D eigenvalue weighted by atomic mass is 16.5. The van der Waals surface area contributed by atoms with Crippen LogP contribution < -0.4 is 0 Å². The molecule has 0 aromatic carbocycles. The molecular weight excluding hydrogens is 268 g/mol. The molecule has 0 bridgehead atoms. The molecule has 2 rings (SSSR count). The molecule has 1 saturated heterocycles. The first-order valence-corrected chi connectivity index (χ1v) is 7.91. The summed E-state index contributed by atoms with van der Waals surface area (Å²) in [7, 11) is 1.39. The molecule has 2 aliphatic rings. The number of carbonyl (C=O) groups excluding carboxylic acids is 2. The fourth-order valence-corrected chi connectivity index (χ4v) is 2.80. The quantitative estimate of drug-likeness (QED) is 0.735. The number of hydrogen-bond acceptors (Lipinski definition) is 4. The van der Waals surface area contributed by atoms with Crippen molar-refractivity contribution in [2.24, 2.45) is 17.3 Å². The zero-order valence-corrected chi connectivity index (χ0v) is 13.7. The zero-order valence-electron chi connectivity index (χ0n) is 13.7. The number of piperazine rings is 1. The van der Waals surface area contributed by atoms with Crippen molar-refractivity contribution in [2.75, 3.05) is 39.8 Å². The summed E-state index contributed by atoms with van der Waals surface area (Å²) >= 11 is 0. The Morgan fingerprint density at radius 1 is 1.10 bits per heavy atom. The van der Waals surface area contributed by atoms with Crippen molar-refractivity contribution in [3.8, 4) is 0 Å². The Morgan fingerprint density at radius 3 is 2.24 bits per heavy atom. The molecule has 0 spiro atoms. The Kier molecular flexibility index (Phi) is 4.91. The smallest absolute Gasteiger partial charge is 0.309 e. The summed E-state index contributed by atoms with van der Waals surface area (Å²) in [5, 5.41) is 0. The van der Waals surface area contributed by atoms with Crippen LogP contribution in [0.5, 0.6) is 0 Å². The van der Waals surface area contributed by atoms with Crippen LogP contribution in [0.3, 0.4) is 0 Å². The standard InChI is InChI=1S/C16H28N2O3/c1-16(2,3)5-6-17-7-9-18(10-8-17)14(19)12-11-13(12)15(20)21-4/h12-13H,5-11H2,1-4H3/t12-,13+/m1/s1. The predicted molar refractivity (Wildman–Crippen MR) is 80.7 cm³/mol. The Bertz CT molecular complexity index is 395. The molecule has 1 heterocycles. The van der Waals surface area contributed by atoms with Gasteiger partial charge in [0.2, 0.25) is 5.91 Å². The first kappa shape index (κ1) is 16.3. The van der Waals surface area contributed by atoms with Gasteiger partial charge in [0.25, 0.3) is 0 Å². The van der Waals surface area contributed by atoms with Crippen molar-refractivity contribution >= 4 is 11.9 Å². The van der Waals surface area contributed by atoms with Crippen LogP contribution in [0.1, 0.15) is 33.6 Å². The molecule has 120 valence electrons. The third-order valence-electron chi connectivity index (χ3n) is 4.47. The Hall–Kier alpha value is -1.10. The lowest BCUT2D eigenvalue weighted by Crippen LogP contribution is -2.49. The van der Waals surface area contributed by atoms with Gasteiger partial charge < -0.3 is 9.64 Å². The summed E-state index contributed by atoms with van der Waals surface area (Å²) in [6, 6.07) is 0. The van der Waals surface area contributed by atoms with Crippen LogP contribution in [-0.2, 0) is 14.3 Å². The van der Waals surface area contributed by atoms with Crippen molar-refractivity contribution in [3.05, 3.63) is 0 Å². The van der Waals surface area contributed by atoms with Gasteiger partial charge in [0.1, 0.15) is 0 Å². The van der Waals surface area contributed by atoms with Crippen molar-refractivity contribution in [1.82, 2.24) is 9.80 Å². The first-order valence-electron chi connectivity index (χ1n) is 7.91. The molecule has 1 aliphatic carbocycles. The predicted octanol–water partition coefficient (Wildman–Crippen LogP) is 1.38. The minimum Gasteiger partial charge on any atom is -0.469 e. The molecule has 0 unspecified atom stereocenters. The first-order chi connectivity index (χ1) is 9.81. The van der Waals surface area contributed by atoms with Crippen molar-refractivity contribution in [1.29, 1.82) is 0 Å². The second kappa shape index (κ2) is 6.34. The van der Waals surface area contributed by atoms with E-state index < -0.39 is 0 Å². The van der Waals surface area contributed by atoms with Gasteiger partial charge in [-0.05, 0) is 24.8 Å². The van der Waals surface area contributed by atoms with Gasteiger partial charge in [-0.1, -0.05) is 20.8 Å². The molecule has 2 atom stereocenters. The van der Waals surface area contributed by atoms with E-state index in [1.807, 2.05) is 4.90 Å². The van der Waals surface area contributed by atoms with Crippen LogP contribution >= 0.6 is 0 Å². The fraction of sp³-hybridized carbons (Fsp3) is 0.875. The van der Waals surface area contributed by atoms with E-state index in [0.717, 1.165) is 32.7 Å². The maximum Gasteiger partial charge on any atom is 0.309 e. The number of carbonyl (C=O) groups is 2. The summed E-state index contributed by atoms with van der Waals surface area (Å²) in [6.07, 6.45) is 1.84. The van der Waals surface area contributed by atoms with E-state index in [9.17, 15) is 9.59 Å². The second-order valence-electron chi connectivity index (χ2n) is 7.45. The lowest BCUT2D eigenvalue weighted by Gasteiger charge is -2.36. The molecule has 0 radical (unpaired) electrons. The summed E-state index contributed by atoms with van der Waals surface area (Å²) in [5.74, 6) is -0.418. The summed E-state index contributed by atoms with van der Waals surface area (Å²) in [6.45, 7) is 11.3. The number of amides is 1. The lowest BCUT2D eigenvalue weighted by atomic mass is 9.92. The van der Waals surface area contributed by atoms with Gasteiger partial charge in [0, 0.05) is 26.2 Å². The maximum atomic E-state index is 12.3.